The molecule has 0 aliphatic heterocycles. The van der Waals surface area contributed by atoms with Crippen molar-refractivity contribution in [1.29, 1.82) is 0 Å². The van der Waals surface area contributed by atoms with E-state index < -0.39 is 0 Å². The summed E-state index contributed by atoms with van der Waals surface area (Å²) < 4.78 is 4.98. The summed E-state index contributed by atoms with van der Waals surface area (Å²) in [6, 6.07) is 4.93. The van der Waals surface area contributed by atoms with Gasteiger partial charge in [0.1, 0.15) is 5.69 Å². The number of benzene rings is 1. The third-order valence-corrected chi connectivity index (χ3v) is 3.24. The lowest BCUT2D eigenvalue weighted by atomic mass is 10.1. The number of hydrogen-bond acceptors (Lipinski definition) is 2. The van der Waals surface area contributed by atoms with Crippen molar-refractivity contribution in [2.24, 2.45) is 0 Å². The fourth-order valence-corrected chi connectivity index (χ4v) is 2.07. The van der Waals surface area contributed by atoms with E-state index in [9.17, 15) is 0 Å². The molecule has 0 spiro atoms. The first-order valence-electron chi connectivity index (χ1n) is 4.28. The molecule has 0 amide bonds. The van der Waals surface area contributed by atoms with Gasteiger partial charge in [-0.05, 0) is 12.1 Å². The second-order valence-corrected chi connectivity index (χ2v) is 4.55. The Kier molecular flexibility index (Phi) is 3.65. The van der Waals surface area contributed by atoms with Crippen molar-refractivity contribution in [1.82, 2.24) is 5.16 Å². The molecule has 6 heteroatoms. The van der Waals surface area contributed by atoms with Gasteiger partial charge in [-0.3, -0.25) is 0 Å². The Labute approximate surface area is 112 Å². The van der Waals surface area contributed by atoms with E-state index in [1.165, 1.54) is 0 Å². The van der Waals surface area contributed by atoms with Crippen LogP contribution in [0.1, 0.15) is 5.76 Å². The lowest BCUT2D eigenvalue weighted by Gasteiger charge is -2.02. The molecule has 0 N–H and O–H groups in total. The van der Waals surface area contributed by atoms with Gasteiger partial charge in [-0.15, -0.1) is 11.6 Å². The lowest BCUT2D eigenvalue weighted by Crippen LogP contribution is -1.81. The summed E-state index contributed by atoms with van der Waals surface area (Å²) in [7, 11) is 0. The Morgan fingerprint density at radius 1 is 1.12 bits per heavy atom. The van der Waals surface area contributed by atoms with Crippen LogP contribution in [0.3, 0.4) is 0 Å². The van der Waals surface area contributed by atoms with E-state index in [0.29, 0.717) is 32.1 Å². The minimum atomic E-state index is 0.249. The maximum atomic E-state index is 6.05. The Morgan fingerprint density at radius 2 is 1.88 bits per heavy atom. The van der Waals surface area contributed by atoms with E-state index in [1.54, 1.807) is 18.2 Å². The summed E-state index contributed by atoms with van der Waals surface area (Å²) in [4.78, 5) is 0. The van der Waals surface area contributed by atoms with Gasteiger partial charge in [0.25, 0.3) is 0 Å². The number of hydrogen-bond donors (Lipinski definition) is 0. The number of rotatable bonds is 2. The Morgan fingerprint density at radius 3 is 2.50 bits per heavy atom. The van der Waals surface area contributed by atoms with Gasteiger partial charge >= 0.3 is 0 Å². The number of halogens is 4. The number of nitrogens with zero attached hydrogens (tertiary/aromatic N) is 1. The second kappa shape index (κ2) is 4.84. The second-order valence-electron chi connectivity index (χ2n) is 3.06. The van der Waals surface area contributed by atoms with Crippen molar-refractivity contribution < 1.29 is 4.52 Å². The molecule has 2 rings (SSSR count). The standard InChI is InChI=1S/C10H5Cl4NO/c11-4-6-3-9(15-16-6)7-1-5(12)2-8(13)10(7)14/h1-3H,4H2. The summed E-state index contributed by atoms with van der Waals surface area (Å²) in [5.74, 6) is 0.808. The van der Waals surface area contributed by atoms with Gasteiger partial charge in [0.05, 0.1) is 15.9 Å². The molecule has 2 aromatic rings. The molecule has 2 nitrogen and oxygen atoms in total. The number of aromatic nitrogens is 1. The van der Waals surface area contributed by atoms with Gasteiger partial charge < -0.3 is 4.52 Å². The zero-order valence-corrected chi connectivity index (χ0v) is 10.8. The summed E-state index contributed by atoms with van der Waals surface area (Å²) >= 11 is 23.5. The Hall–Kier alpha value is -0.410. The maximum Gasteiger partial charge on any atom is 0.152 e. The van der Waals surface area contributed by atoms with Gasteiger partial charge in [-0.1, -0.05) is 40.0 Å². The summed E-state index contributed by atoms with van der Waals surface area (Å²) in [6.07, 6.45) is 0. The molecule has 0 atom stereocenters. The van der Waals surface area contributed by atoms with Crippen LogP contribution in [-0.2, 0) is 5.88 Å². The van der Waals surface area contributed by atoms with Crippen LogP contribution in [0.2, 0.25) is 15.1 Å². The van der Waals surface area contributed by atoms with Crippen LogP contribution in [0.4, 0.5) is 0 Å². The average molecular weight is 297 g/mol. The molecular formula is C10H5Cl4NO. The predicted molar refractivity (Wildman–Crippen MR) is 66.5 cm³/mol. The molecule has 16 heavy (non-hydrogen) atoms. The average Bonchev–Trinajstić information content (AvgIpc) is 2.71. The fraction of sp³-hybridized carbons (Fsp3) is 0.100. The molecule has 0 aliphatic rings. The van der Waals surface area contributed by atoms with Crippen molar-refractivity contribution >= 4 is 46.4 Å². The Bertz CT molecular complexity index is 524. The van der Waals surface area contributed by atoms with E-state index in [0.717, 1.165) is 0 Å². The van der Waals surface area contributed by atoms with Crippen LogP contribution in [0.15, 0.2) is 22.7 Å². The molecule has 0 unspecified atom stereocenters. The van der Waals surface area contributed by atoms with Gasteiger partial charge in [0, 0.05) is 16.7 Å². The molecule has 0 bridgehead atoms. The first-order valence-corrected chi connectivity index (χ1v) is 5.95. The zero-order chi connectivity index (χ0) is 11.7. The molecule has 0 aliphatic carbocycles. The molecular weight excluding hydrogens is 292 g/mol. The third-order valence-electron chi connectivity index (χ3n) is 1.96. The van der Waals surface area contributed by atoms with E-state index in [-0.39, 0.29) is 5.88 Å². The normalized spacial score (nSPS) is 10.8. The maximum absolute atomic E-state index is 6.05. The summed E-state index contributed by atoms with van der Waals surface area (Å²) in [5, 5.41) is 5.09. The van der Waals surface area contributed by atoms with Crippen molar-refractivity contribution in [3.05, 3.63) is 39.0 Å². The molecule has 84 valence electrons. The Balaban J connectivity index is 2.54. The highest BCUT2D eigenvalue weighted by Crippen LogP contribution is 2.36. The summed E-state index contributed by atoms with van der Waals surface area (Å²) in [5.41, 5.74) is 1.18. The van der Waals surface area contributed by atoms with Crippen molar-refractivity contribution in [3.63, 3.8) is 0 Å². The van der Waals surface area contributed by atoms with E-state index in [4.69, 9.17) is 50.9 Å². The molecule has 0 fully saturated rings. The van der Waals surface area contributed by atoms with Crippen LogP contribution in [0, 0.1) is 0 Å². The van der Waals surface area contributed by atoms with E-state index in [2.05, 4.69) is 5.16 Å². The van der Waals surface area contributed by atoms with Crippen LogP contribution in [-0.4, -0.2) is 5.16 Å². The van der Waals surface area contributed by atoms with Gasteiger partial charge in [0.2, 0.25) is 0 Å². The van der Waals surface area contributed by atoms with Crippen LogP contribution >= 0.6 is 46.4 Å². The van der Waals surface area contributed by atoms with Gasteiger partial charge in [0.15, 0.2) is 5.76 Å². The van der Waals surface area contributed by atoms with E-state index >= 15 is 0 Å². The van der Waals surface area contributed by atoms with Gasteiger partial charge in [-0.25, -0.2) is 0 Å². The molecule has 1 heterocycles. The molecule has 0 radical (unpaired) electrons. The minimum absolute atomic E-state index is 0.249. The largest absolute Gasteiger partial charge is 0.359 e. The first-order chi connectivity index (χ1) is 7.61. The van der Waals surface area contributed by atoms with Crippen molar-refractivity contribution in [3.8, 4) is 11.3 Å². The monoisotopic (exact) mass is 295 g/mol. The fourth-order valence-electron chi connectivity index (χ4n) is 1.25. The quantitative estimate of drug-likeness (QED) is 0.573. The highest BCUT2D eigenvalue weighted by molar-refractivity contribution is 6.45. The lowest BCUT2D eigenvalue weighted by molar-refractivity contribution is 0.396. The highest BCUT2D eigenvalue weighted by Gasteiger charge is 2.13. The smallest absolute Gasteiger partial charge is 0.152 e. The molecule has 1 aromatic carbocycles. The highest BCUT2D eigenvalue weighted by atomic mass is 35.5. The molecule has 1 aromatic heterocycles. The minimum Gasteiger partial charge on any atom is -0.359 e. The van der Waals surface area contributed by atoms with E-state index in [1.807, 2.05) is 0 Å². The molecule has 0 saturated carbocycles. The predicted octanol–water partition coefficient (Wildman–Crippen LogP) is 5.04. The SMILES string of the molecule is ClCc1cc(-c2cc(Cl)cc(Cl)c2Cl)no1. The molecule has 0 saturated heterocycles. The number of alkyl halides is 1. The first kappa shape index (κ1) is 12.1. The van der Waals surface area contributed by atoms with Crippen molar-refractivity contribution in [2.75, 3.05) is 0 Å². The third kappa shape index (κ3) is 2.30. The topological polar surface area (TPSA) is 26.0 Å². The van der Waals surface area contributed by atoms with Crippen molar-refractivity contribution in [2.45, 2.75) is 5.88 Å². The summed E-state index contributed by atoms with van der Waals surface area (Å²) in [6.45, 7) is 0. The zero-order valence-electron chi connectivity index (χ0n) is 7.81. The van der Waals surface area contributed by atoms with Crippen LogP contribution < -0.4 is 0 Å². The van der Waals surface area contributed by atoms with Crippen LogP contribution in [0.25, 0.3) is 11.3 Å². The van der Waals surface area contributed by atoms with Crippen LogP contribution in [0.5, 0.6) is 0 Å². The van der Waals surface area contributed by atoms with Gasteiger partial charge in [-0.2, -0.15) is 0 Å².